The number of carbonyl (C=O) groups excluding carboxylic acids is 1. The summed E-state index contributed by atoms with van der Waals surface area (Å²) in [6.07, 6.45) is 3.62. The zero-order valence-electron chi connectivity index (χ0n) is 12.1. The Bertz CT molecular complexity index is 464. The lowest BCUT2D eigenvalue weighted by atomic mass is 9.88. The number of hydrogen-bond donors (Lipinski definition) is 0. The first-order chi connectivity index (χ1) is 8.80. The summed E-state index contributed by atoms with van der Waals surface area (Å²) in [7, 11) is 0. The fraction of sp³-hybridized carbons (Fsp3) is 0.353. The predicted molar refractivity (Wildman–Crippen MR) is 79.6 cm³/mol. The highest BCUT2D eigenvalue weighted by Gasteiger charge is 2.26. The number of esters is 1. The highest BCUT2D eigenvalue weighted by atomic mass is 16.5. The molecule has 0 saturated heterocycles. The lowest BCUT2D eigenvalue weighted by Crippen LogP contribution is -2.30. The van der Waals surface area contributed by atoms with Crippen molar-refractivity contribution in [3.8, 4) is 0 Å². The zero-order chi connectivity index (χ0) is 14.5. The maximum atomic E-state index is 11.7. The van der Waals surface area contributed by atoms with E-state index in [0.29, 0.717) is 5.57 Å². The molecule has 1 aromatic carbocycles. The SMILES string of the molecule is C=C(C)C(=O)OC(/C=C/c1ccccc1)C(C)(C)C. The van der Waals surface area contributed by atoms with Crippen molar-refractivity contribution in [2.75, 3.05) is 0 Å². The van der Waals surface area contributed by atoms with Crippen LogP contribution in [0.5, 0.6) is 0 Å². The van der Waals surface area contributed by atoms with Crippen molar-refractivity contribution in [2.24, 2.45) is 5.41 Å². The van der Waals surface area contributed by atoms with Gasteiger partial charge in [0.05, 0.1) is 0 Å². The van der Waals surface area contributed by atoms with Gasteiger partial charge in [-0.2, -0.15) is 0 Å². The van der Waals surface area contributed by atoms with Crippen LogP contribution in [0.1, 0.15) is 33.3 Å². The first-order valence-corrected chi connectivity index (χ1v) is 6.40. The van der Waals surface area contributed by atoms with Gasteiger partial charge in [-0.3, -0.25) is 0 Å². The van der Waals surface area contributed by atoms with Gasteiger partial charge in [0.15, 0.2) is 0 Å². The summed E-state index contributed by atoms with van der Waals surface area (Å²) in [5.41, 5.74) is 1.35. The summed E-state index contributed by atoms with van der Waals surface area (Å²) in [5.74, 6) is -0.349. The lowest BCUT2D eigenvalue weighted by molar-refractivity contribution is -0.146. The third-order valence-electron chi connectivity index (χ3n) is 2.70. The van der Waals surface area contributed by atoms with Gasteiger partial charge in [-0.05, 0) is 18.6 Å². The van der Waals surface area contributed by atoms with Gasteiger partial charge in [-0.1, -0.05) is 63.8 Å². The third kappa shape index (κ3) is 5.12. The van der Waals surface area contributed by atoms with Crippen LogP contribution in [0, 0.1) is 5.41 Å². The quantitative estimate of drug-likeness (QED) is 0.596. The van der Waals surface area contributed by atoms with Crippen molar-refractivity contribution in [1.82, 2.24) is 0 Å². The van der Waals surface area contributed by atoms with Crippen LogP contribution in [0.25, 0.3) is 6.08 Å². The number of hydrogen-bond acceptors (Lipinski definition) is 2. The molecule has 19 heavy (non-hydrogen) atoms. The van der Waals surface area contributed by atoms with Crippen molar-refractivity contribution >= 4 is 12.0 Å². The molecule has 0 aliphatic heterocycles. The highest BCUT2D eigenvalue weighted by molar-refractivity contribution is 5.87. The van der Waals surface area contributed by atoms with Gasteiger partial charge in [0, 0.05) is 11.0 Å². The number of rotatable bonds is 4. The molecule has 0 bridgehead atoms. The van der Waals surface area contributed by atoms with E-state index < -0.39 is 0 Å². The molecule has 0 aliphatic carbocycles. The molecule has 0 N–H and O–H groups in total. The molecule has 1 aromatic rings. The largest absolute Gasteiger partial charge is 0.454 e. The van der Waals surface area contributed by atoms with Crippen LogP contribution in [0.4, 0.5) is 0 Å². The van der Waals surface area contributed by atoms with Gasteiger partial charge in [-0.15, -0.1) is 0 Å². The summed E-state index contributed by atoms with van der Waals surface area (Å²) in [5, 5.41) is 0. The number of carbonyl (C=O) groups is 1. The van der Waals surface area contributed by atoms with Crippen molar-refractivity contribution in [1.29, 1.82) is 0 Å². The van der Waals surface area contributed by atoms with Gasteiger partial charge in [0.2, 0.25) is 0 Å². The Morgan fingerprint density at radius 2 is 1.84 bits per heavy atom. The smallest absolute Gasteiger partial charge is 0.333 e. The van der Waals surface area contributed by atoms with Crippen molar-refractivity contribution in [3.05, 3.63) is 54.1 Å². The fourth-order valence-electron chi connectivity index (χ4n) is 1.48. The molecule has 2 nitrogen and oxygen atoms in total. The van der Waals surface area contributed by atoms with E-state index in [9.17, 15) is 4.79 Å². The van der Waals surface area contributed by atoms with E-state index in [1.807, 2.05) is 63.3 Å². The lowest BCUT2D eigenvalue weighted by Gasteiger charge is -2.27. The molecule has 0 heterocycles. The average Bonchev–Trinajstić information content (AvgIpc) is 2.33. The van der Waals surface area contributed by atoms with Crippen molar-refractivity contribution in [2.45, 2.75) is 33.8 Å². The Hall–Kier alpha value is -1.83. The van der Waals surface area contributed by atoms with Crippen LogP contribution in [-0.4, -0.2) is 12.1 Å². The molecule has 1 rings (SSSR count). The monoisotopic (exact) mass is 258 g/mol. The molecule has 0 radical (unpaired) electrons. The van der Waals surface area contributed by atoms with Crippen LogP contribution < -0.4 is 0 Å². The minimum atomic E-state index is -0.349. The average molecular weight is 258 g/mol. The summed E-state index contributed by atoms with van der Waals surface area (Å²) < 4.78 is 5.47. The maximum Gasteiger partial charge on any atom is 0.333 e. The highest BCUT2D eigenvalue weighted by Crippen LogP contribution is 2.25. The van der Waals surface area contributed by atoms with E-state index in [2.05, 4.69) is 6.58 Å². The van der Waals surface area contributed by atoms with Gasteiger partial charge in [0.1, 0.15) is 6.10 Å². The summed E-state index contributed by atoms with van der Waals surface area (Å²) >= 11 is 0. The Balaban J connectivity index is 2.85. The molecule has 102 valence electrons. The summed E-state index contributed by atoms with van der Waals surface area (Å²) in [4.78, 5) is 11.7. The Labute approximate surface area is 115 Å². The van der Waals surface area contributed by atoms with Gasteiger partial charge < -0.3 is 4.74 Å². The Morgan fingerprint density at radius 1 is 1.26 bits per heavy atom. The van der Waals surface area contributed by atoms with Crippen LogP contribution in [0.3, 0.4) is 0 Å². The van der Waals surface area contributed by atoms with E-state index in [4.69, 9.17) is 4.74 Å². The van der Waals surface area contributed by atoms with E-state index in [-0.39, 0.29) is 17.5 Å². The van der Waals surface area contributed by atoms with Crippen LogP contribution in [-0.2, 0) is 9.53 Å². The number of benzene rings is 1. The number of ether oxygens (including phenoxy) is 1. The molecular weight excluding hydrogens is 236 g/mol. The van der Waals surface area contributed by atoms with Crippen molar-refractivity contribution < 1.29 is 9.53 Å². The minimum Gasteiger partial charge on any atom is -0.454 e. The Kier molecular flexibility index (Phi) is 5.11. The second kappa shape index (κ2) is 6.37. The molecule has 1 atom stereocenters. The standard InChI is InChI=1S/C17H22O2/c1-13(2)16(18)19-15(17(3,4)5)12-11-14-9-7-6-8-10-14/h6-12,15H,1H2,2-5H3/b12-11+. The van der Waals surface area contributed by atoms with Gasteiger partial charge in [0.25, 0.3) is 0 Å². The molecule has 0 fully saturated rings. The molecule has 0 saturated carbocycles. The summed E-state index contributed by atoms with van der Waals surface area (Å²) in [6.45, 7) is 11.4. The third-order valence-corrected chi connectivity index (χ3v) is 2.70. The molecule has 0 aliphatic rings. The van der Waals surface area contributed by atoms with Crippen LogP contribution in [0.15, 0.2) is 48.6 Å². The predicted octanol–water partition coefficient (Wildman–Crippen LogP) is 4.23. The van der Waals surface area contributed by atoms with E-state index in [1.54, 1.807) is 6.92 Å². The summed E-state index contributed by atoms with van der Waals surface area (Å²) in [6, 6.07) is 9.95. The molecule has 2 heteroatoms. The molecular formula is C17H22O2. The molecule has 1 unspecified atom stereocenters. The first kappa shape index (κ1) is 15.2. The van der Waals surface area contributed by atoms with E-state index >= 15 is 0 Å². The van der Waals surface area contributed by atoms with E-state index in [0.717, 1.165) is 5.56 Å². The second-order valence-corrected chi connectivity index (χ2v) is 5.74. The molecule has 0 aromatic heterocycles. The zero-order valence-corrected chi connectivity index (χ0v) is 12.1. The van der Waals surface area contributed by atoms with Crippen LogP contribution in [0.2, 0.25) is 0 Å². The van der Waals surface area contributed by atoms with Crippen molar-refractivity contribution in [3.63, 3.8) is 0 Å². The van der Waals surface area contributed by atoms with Gasteiger partial charge >= 0.3 is 5.97 Å². The minimum absolute atomic E-state index is 0.156. The first-order valence-electron chi connectivity index (χ1n) is 6.40. The van der Waals surface area contributed by atoms with Gasteiger partial charge in [-0.25, -0.2) is 4.79 Å². The second-order valence-electron chi connectivity index (χ2n) is 5.74. The molecule has 0 spiro atoms. The Morgan fingerprint density at radius 3 is 2.32 bits per heavy atom. The fourth-order valence-corrected chi connectivity index (χ4v) is 1.48. The van der Waals surface area contributed by atoms with E-state index in [1.165, 1.54) is 0 Å². The molecule has 0 amide bonds. The van der Waals surface area contributed by atoms with Crippen LogP contribution >= 0.6 is 0 Å². The normalized spacial score (nSPS) is 13.3. The topological polar surface area (TPSA) is 26.3 Å². The maximum absolute atomic E-state index is 11.7.